The van der Waals surface area contributed by atoms with E-state index in [2.05, 4.69) is 0 Å². The van der Waals surface area contributed by atoms with Gasteiger partial charge in [-0.3, -0.25) is 9.59 Å². The number of fused-ring (bicyclic) bond motifs is 1. The number of benzene rings is 2. The molecule has 2 N–H and O–H groups in total. The number of anilines is 2. The third-order valence-corrected chi connectivity index (χ3v) is 4.83. The van der Waals surface area contributed by atoms with Crippen LogP contribution < -0.4 is 16.1 Å². The minimum Gasteiger partial charge on any atom is -0.453 e. The van der Waals surface area contributed by atoms with Crippen molar-refractivity contribution >= 4 is 28.3 Å². The summed E-state index contributed by atoms with van der Waals surface area (Å²) in [6, 6.07) is 5.45. The highest BCUT2D eigenvalue weighted by atomic mass is 19.1. The molecule has 3 aromatic rings. The van der Waals surface area contributed by atoms with Crippen molar-refractivity contribution in [1.29, 1.82) is 0 Å². The number of hydrogen-bond acceptors (Lipinski definition) is 5. The monoisotopic (exact) mass is 433 g/mol. The summed E-state index contributed by atoms with van der Waals surface area (Å²) in [5, 5.41) is -0.415. The summed E-state index contributed by atoms with van der Waals surface area (Å²) in [5.41, 5.74) is 3.98. The van der Waals surface area contributed by atoms with Crippen LogP contribution in [0.4, 0.5) is 24.5 Å². The first-order chi connectivity index (χ1) is 14.6. The van der Waals surface area contributed by atoms with Crippen LogP contribution in [0.3, 0.4) is 0 Å². The first-order valence-electron chi connectivity index (χ1n) is 9.54. The molecule has 0 radical (unpaired) electrons. The van der Waals surface area contributed by atoms with Gasteiger partial charge in [0.25, 0.3) is 0 Å². The van der Waals surface area contributed by atoms with Gasteiger partial charge in [-0.05, 0) is 45.3 Å². The zero-order valence-corrected chi connectivity index (χ0v) is 17.3. The van der Waals surface area contributed by atoms with Crippen molar-refractivity contribution in [2.24, 2.45) is 0 Å². The molecule has 0 saturated carbocycles. The fourth-order valence-electron chi connectivity index (χ4n) is 3.30. The Morgan fingerprint density at radius 1 is 1.03 bits per heavy atom. The molecule has 0 fully saturated rings. The molecule has 0 spiro atoms. The third-order valence-electron chi connectivity index (χ3n) is 4.83. The maximum absolute atomic E-state index is 14.9. The van der Waals surface area contributed by atoms with Crippen LogP contribution in [-0.2, 0) is 4.79 Å². The molecule has 0 unspecified atom stereocenters. The molecular weight excluding hydrogens is 411 g/mol. The molecule has 1 aromatic heterocycles. The summed E-state index contributed by atoms with van der Waals surface area (Å²) in [5.74, 6) is -3.31. The molecule has 6 nitrogen and oxygen atoms in total. The van der Waals surface area contributed by atoms with E-state index in [1.807, 2.05) is 19.0 Å². The lowest BCUT2D eigenvalue weighted by atomic mass is 10.1. The predicted molar refractivity (Wildman–Crippen MR) is 113 cm³/mol. The second-order valence-electron chi connectivity index (χ2n) is 7.43. The van der Waals surface area contributed by atoms with E-state index in [1.54, 1.807) is 0 Å². The Kier molecular flexibility index (Phi) is 6.35. The van der Waals surface area contributed by atoms with Gasteiger partial charge in [-0.2, -0.15) is 0 Å². The van der Waals surface area contributed by atoms with Gasteiger partial charge in [0.1, 0.15) is 17.4 Å². The summed E-state index contributed by atoms with van der Waals surface area (Å²) in [7, 11) is 3.80. The summed E-state index contributed by atoms with van der Waals surface area (Å²) in [4.78, 5) is 27.7. The molecular formula is C22H22F3N3O3. The van der Waals surface area contributed by atoms with E-state index < -0.39 is 39.5 Å². The Morgan fingerprint density at radius 3 is 2.35 bits per heavy atom. The molecule has 3 rings (SSSR count). The number of nitrogen functional groups attached to an aromatic ring is 1. The maximum Gasteiger partial charge on any atom is 0.223 e. The molecule has 0 aliphatic heterocycles. The van der Waals surface area contributed by atoms with Crippen molar-refractivity contribution in [1.82, 2.24) is 4.90 Å². The number of halogens is 3. The smallest absolute Gasteiger partial charge is 0.223 e. The summed E-state index contributed by atoms with van der Waals surface area (Å²) >= 11 is 0. The van der Waals surface area contributed by atoms with Crippen molar-refractivity contribution in [2.75, 3.05) is 37.8 Å². The number of carbonyl (C=O) groups excluding carboxylic acids is 1. The zero-order valence-electron chi connectivity index (χ0n) is 17.3. The molecule has 1 heterocycles. The molecule has 9 heteroatoms. The van der Waals surface area contributed by atoms with Crippen LogP contribution in [0.25, 0.3) is 22.3 Å². The Bertz CT molecular complexity index is 1210. The zero-order chi connectivity index (χ0) is 22.9. The highest BCUT2D eigenvalue weighted by Crippen LogP contribution is 2.31. The molecule has 0 aliphatic carbocycles. The fourth-order valence-corrected chi connectivity index (χ4v) is 3.30. The molecule has 164 valence electrons. The van der Waals surface area contributed by atoms with Crippen LogP contribution in [0, 0.1) is 17.5 Å². The molecule has 0 atom stereocenters. The summed E-state index contributed by atoms with van der Waals surface area (Å²) in [6.07, 6.45) is 0.643. The predicted octanol–water partition coefficient (Wildman–Crippen LogP) is 3.76. The van der Waals surface area contributed by atoms with E-state index in [0.717, 1.165) is 18.7 Å². The molecule has 0 aliphatic rings. The SMILES string of the molecule is CC(=O)N(CCCN(C)C)c1ccc(-c2cc(=O)c3c(N)c(F)cc(F)c3o2)cc1F. The number of carbonyl (C=O) groups is 1. The van der Waals surface area contributed by atoms with Gasteiger partial charge in [0.05, 0.1) is 16.8 Å². The van der Waals surface area contributed by atoms with Crippen LogP contribution in [0.2, 0.25) is 0 Å². The van der Waals surface area contributed by atoms with E-state index in [0.29, 0.717) is 19.0 Å². The molecule has 0 bridgehead atoms. The Labute approximate surface area is 176 Å². The number of rotatable bonds is 6. The van der Waals surface area contributed by atoms with Crippen LogP contribution in [0.15, 0.2) is 39.5 Å². The maximum atomic E-state index is 14.9. The first-order valence-corrected chi connectivity index (χ1v) is 9.54. The Morgan fingerprint density at radius 2 is 1.74 bits per heavy atom. The van der Waals surface area contributed by atoms with E-state index >= 15 is 0 Å². The average Bonchev–Trinajstić information content (AvgIpc) is 2.69. The van der Waals surface area contributed by atoms with Gasteiger partial charge in [-0.25, -0.2) is 13.2 Å². The largest absolute Gasteiger partial charge is 0.453 e. The number of amides is 1. The topological polar surface area (TPSA) is 79.8 Å². The number of hydrogen-bond donors (Lipinski definition) is 1. The highest BCUT2D eigenvalue weighted by Gasteiger charge is 2.20. The lowest BCUT2D eigenvalue weighted by Crippen LogP contribution is -2.32. The molecule has 2 aromatic carbocycles. The molecule has 0 saturated heterocycles. The quantitative estimate of drug-likeness (QED) is 0.599. The standard InChI is InChI=1S/C22H22F3N3O3/c1-12(29)28(8-4-7-27(2)3)17-6-5-13(9-14(17)23)19-11-18(30)20-21(26)15(24)10-16(25)22(20)31-19/h5-6,9-11H,4,7-8,26H2,1-3H3. The van der Waals surface area contributed by atoms with Crippen molar-refractivity contribution in [2.45, 2.75) is 13.3 Å². The van der Waals surface area contributed by atoms with Crippen LogP contribution in [-0.4, -0.2) is 38.0 Å². The van der Waals surface area contributed by atoms with Crippen molar-refractivity contribution in [3.05, 3.63) is 58.0 Å². The minimum atomic E-state index is -1.10. The fraction of sp³-hybridized carbons (Fsp3) is 0.273. The summed E-state index contributed by atoms with van der Waals surface area (Å²) < 4.78 is 48.1. The lowest BCUT2D eigenvalue weighted by molar-refractivity contribution is -0.116. The van der Waals surface area contributed by atoms with Crippen molar-refractivity contribution < 1.29 is 22.4 Å². The Hall–Kier alpha value is -3.33. The number of nitrogens with two attached hydrogens (primary N) is 1. The van der Waals surface area contributed by atoms with Crippen LogP contribution in [0.5, 0.6) is 0 Å². The molecule has 31 heavy (non-hydrogen) atoms. The van der Waals surface area contributed by atoms with Gasteiger partial charge >= 0.3 is 0 Å². The average molecular weight is 433 g/mol. The van der Waals surface area contributed by atoms with E-state index in [1.165, 1.54) is 24.0 Å². The van der Waals surface area contributed by atoms with E-state index in [-0.39, 0.29) is 22.9 Å². The van der Waals surface area contributed by atoms with Gasteiger partial charge in [0, 0.05) is 31.2 Å². The van der Waals surface area contributed by atoms with Crippen LogP contribution >= 0.6 is 0 Å². The number of nitrogens with zero attached hydrogens (tertiary/aromatic N) is 2. The molecule has 1 amide bonds. The summed E-state index contributed by atoms with van der Waals surface area (Å²) in [6.45, 7) is 2.39. The first kappa shape index (κ1) is 22.4. The Balaban J connectivity index is 2.02. The van der Waals surface area contributed by atoms with E-state index in [4.69, 9.17) is 10.2 Å². The second-order valence-corrected chi connectivity index (χ2v) is 7.43. The highest BCUT2D eigenvalue weighted by molar-refractivity contribution is 5.92. The second kappa shape index (κ2) is 8.81. The van der Waals surface area contributed by atoms with Gasteiger partial charge in [-0.1, -0.05) is 0 Å². The third kappa shape index (κ3) is 4.56. The van der Waals surface area contributed by atoms with Crippen molar-refractivity contribution in [3.63, 3.8) is 0 Å². The van der Waals surface area contributed by atoms with Gasteiger partial charge in [0.15, 0.2) is 16.8 Å². The van der Waals surface area contributed by atoms with Crippen molar-refractivity contribution in [3.8, 4) is 11.3 Å². The van der Waals surface area contributed by atoms with Gasteiger partial charge in [0.2, 0.25) is 5.91 Å². The van der Waals surface area contributed by atoms with E-state index in [9.17, 15) is 22.8 Å². The minimum absolute atomic E-state index is 0.0793. The normalized spacial score (nSPS) is 11.3. The lowest BCUT2D eigenvalue weighted by Gasteiger charge is -2.23. The van der Waals surface area contributed by atoms with Gasteiger partial charge < -0.3 is 20.0 Å². The van der Waals surface area contributed by atoms with Gasteiger partial charge in [-0.15, -0.1) is 0 Å². The van der Waals surface area contributed by atoms with Crippen LogP contribution in [0.1, 0.15) is 13.3 Å².